The second-order valence-electron chi connectivity index (χ2n) is 6.00. The fourth-order valence-corrected chi connectivity index (χ4v) is 3.24. The lowest BCUT2D eigenvalue weighted by atomic mass is 9.60. The number of nitrogens with zero attached hydrogens (tertiary/aromatic N) is 1. The molecule has 2 nitrogen and oxygen atoms in total. The van der Waals surface area contributed by atoms with Gasteiger partial charge in [-0.05, 0) is 25.2 Å². The predicted octanol–water partition coefficient (Wildman–Crippen LogP) is 2.39. The lowest BCUT2D eigenvalue weighted by Crippen LogP contribution is -2.44. The number of rotatable bonds is 0. The van der Waals surface area contributed by atoms with E-state index in [2.05, 4.69) is 6.92 Å². The van der Waals surface area contributed by atoms with E-state index in [0.717, 1.165) is 25.8 Å². The topological polar surface area (TPSA) is 20.3 Å². The lowest BCUT2D eigenvalue weighted by Gasteiger charge is -2.40. The van der Waals surface area contributed by atoms with Crippen molar-refractivity contribution >= 4 is 13.8 Å². The zero-order valence-electron chi connectivity index (χ0n) is 10.5. The minimum Gasteiger partial charge on any atom is -0.346 e. The van der Waals surface area contributed by atoms with E-state index >= 15 is 0 Å². The average Bonchev–Trinajstić information content (AvgIpc) is 2.20. The maximum atomic E-state index is 12.1. The Kier molecular flexibility index (Phi) is 3.32. The molecule has 0 N–H and O–H groups in total. The quantitative estimate of drug-likeness (QED) is 0.573. The molecule has 0 aromatic carbocycles. The molecular formula is C13H22BNO. The first-order valence-corrected chi connectivity index (χ1v) is 6.53. The Balaban J connectivity index is 2.07. The molecule has 0 spiro atoms. The Morgan fingerprint density at radius 3 is 2.81 bits per heavy atom. The van der Waals surface area contributed by atoms with Crippen LogP contribution in [0, 0.1) is 11.8 Å². The monoisotopic (exact) mass is 219 g/mol. The second kappa shape index (κ2) is 4.42. The summed E-state index contributed by atoms with van der Waals surface area (Å²) in [6.07, 6.45) is 6.66. The SMILES string of the molecule is [B]C1(C)CCCC2CCN(C)C(=O)C2CC1. The maximum absolute atomic E-state index is 12.1. The van der Waals surface area contributed by atoms with Crippen LogP contribution in [0.25, 0.3) is 0 Å². The van der Waals surface area contributed by atoms with Crippen molar-refractivity contribution in [2.45, 2.75) is 50.8 Å². The molecule has 88 valence electrons. The molecule has 0 bridgehead atoms. The molecule has 2 rings (SSSR count). The van der Waals surface area contributed by atoms with E-state index in [1.54, 1.807) is 0 Å². The van der Waals surface area contributed by atoms with Crippen LogP contribution in [0.3, 0.4) is 0 Å². The van der Waals surface area contributed by atoms with Crippen LogP contribution in [0.5, 0.6) is 0 Å². The van der Waals surface area contributed by atoms with Gasteiger partial charge in [0.2, 0.25) is 5.91 Å². The van der Waals surface area contributed by atoms with Gasteiger partial charge in [0.1, 0.15) is 0 Å². The Morgan fingerprint density at radius 1 is 1.31 bits per heavy atom. The molecule has 1 amide bonds. The predicted molar refractivity (Wildman–Crippen MR) is 66.4 cm³/mol. The molecule has 2 aliphatic rings. The Morgan fingerprint density at radius 2 is 2.06 bits per heavy atom. The highest BCUT2D eigenvalue weighted by Gasteiger charge is 2.36. The summed E-state index contributed by atoms with van der Waals surface area (Å²) in [6, 6.07) is 0. The number of carbonyl (C=O) groups excluding carboxylic acids is 1. The molecule has 3 atom stereocenters. The fraction of sp³-hybridized carbons (Fsp3) is 0.923. The number of likely N-dealkylation sites (tertiary alicyclic amines) is 1. The molecule has 0 aromatic rings. The molecule has 3 unspecified atom stereocenters. The van der Waals surface area contributed by atoms with E-state index < -0.39 is 0 Å². The van der Waals surface area contributed by atoms with Crippen molar-refractivity contribution in [3.63, 3.8) is 0 Å². The van der Waals surface area contributed by atoms with Crippen molar-refractivity contribution in [1.82, 2.24) is 4.90 Å². The van der Waals surface area contributed by atoms with Gasteiger partial charge in [0.05, 0.1) is 7.85 Å². The summed E-state index contributed by atoms with van der Waals surface area (Å²) in [6.45, 7) is 3.07. The molecule has 2 fully saturated rings. The van der Waals surface area contributed by atoms with Gasteiger partial charge in [-0.3, -0.25) is 4.79 Å². The van der Waals surface area contributed by atoms with E-state index in [1.165, 1.54) is 19.3 Å². The van der Waals surface area contributed by atoms with E-state index in [1.807, 2.05) is 11.9 Å². The van der Waals surface area contributed by atoms with Crippen LogP contribution in [0.1, 0.15) is 45.4 Å². The van der Waals surface area contributed by atoms with Gasteiger partial charge in [-0.25, -0.2) is 0 Å². The van der Waals surface area contributed by atoms with Crippen LogP contribution < -0.4 is 0 Å². The molecule has 0 aromatic heterocycles. The van der Waals surface area contributed by atoms with Gasteiger partial charge in [-0.1, -0.05) is 31.5 Å². The highest BCUT2D eigenvalue weighted by Crippen LogP contribution is 2.42. The highest BCUT2D eigenvalue weighted by atomic mass is 16.2. The van der Waals surface area contributed by atoms with Gasteiger partial charge in [0.25, 0.3) is 0 Å². The zero-order valence-corrected chi connectivity index (χ0v) is 10.5. The van der Waals surface area contributed by atoms with Crippen molar-refractivity contribution < 1.29 is 4.79 Å². The van der Waals surface area contributed by atoms with E-state index in [0.29, 0.717) is 11.8 Å². The van der Waals surface area contributed by atoms with Crippen LogP contribution in [-0.4, -0.2) is 32.2 Å². The summed E-state index contributed by atoms with van der Waals surface area (Å²) in [5.41, 5.74) is 0. The Bertz CT molecular complexity index is 277. The molecular weight excluding hydrogens is 197 g/mol. The highest BCUT2D eigenvalue weighted by molar-refractivity contribution is 6.14. The van der Waals surface area contributed by atoms with Crippen LogP contribution in [-0.2, 0) is 4.79 Å². The number of amides is 1. The first kappa shape index (κ1) is 12.0. The third-order valence-electron chi connectivity index (χ3n) is 4.45. The molecule has 1 heterocycles. The fourth-order valence-electron chi connectivity index (χ4n) is 3.24. The van der Waals surface area contributed by atoms with Crippen LogP contribution in [0.15, 0.2) is 0 Å². The molecule has 3 heteroatoms. The van der Waals surface area contributed by atoms with Crippen molar-refractivity contribution in [2.75, 3.05) is 13.6 Å². The number of hydrogen-bond acceptors (Lipinski definition) is 1. The molecule has 1 aliphatic carbocycles. The molecule has 1 saturated heterocycles. The summed E-state index contributed by atoms with van der Waals surface area (Å²) in [5.74, 6) is 1.23. The second-order valence-corrected chi connectivity index (χ2v) is 6.00. The van der Waals surface area contributed by atoms with Crippen LogP contribution in [0.2, 0.25) is 5.31 Å². The average molecular weight is 219 g/mol. The standard InChI is InChI=1S/C13H22BNO/c1-13(14)7-3-4-10-6-9-15(2)12(16)11(10)5-8-13/h10-11H,3-9H2,1-2H3. The van der Waals surface area contributed by atoms with Crippen LogP contribution >= 0.6 is 0 Å². The third kappa shape index (κ3) is 2.44. The number of carbonyl (C=O) groups is 1. The zero-order chi connectivity index (χ0) is 11.8. The number of fused-ring (bicyclic) bond motifs is 1. The normalized spacial score (nSPS) is 41.1. The smallest absolute Gasteiger partial charge is 0.225 e. The molecule has 2 radical (unpaired) electrons. The first-order chi connectivity index (χ1) is 7.49. The number of hydrogen-bond donors (Lipinski definition) is 0. The minimum absolute atomic E-state index is 0.0543. The van der Waals surface area contributed by atoms with Crippen molar-refractivity contribution in [3.05, 3.63) is 0 Å². The minimum atomic E-state index is -0.0543. The number of piperidine rings is 1. The van der Waals surface area contributed by atoms with Gasteiger partial charge in [-0.2, -0.15) is 0 Å². The Labute approximate surface area is 100 Å². The first-order valence-electron chi connectivity index (χ1n) is 6.53. The third-order valence-corrected chi connectivity index (χ3v) is 4.45. The van der Waals surface area contributed by atoms with E-state index in [4.69, 9.17) is 7.85 Å². The summed E-state index contributed by atoms with van der Waals surface area (Å²) >= 11 is 0. The Hall–Kier alpha value is -0.465. The van der Waals surface area contributed by atoms with E-state index in [-0.39, 0.29) is 11.2 Å². The molecule has 1 saturated carbocycles. The maximum Gasteiger partial charge on any atom is 0.225 e. The van der Waals surface area contributed by atoms with Gasteiger partial charge in [-0.15, -0.1) is 0 Å². The van der Waals surface area contributed by atoms with Gasteiger partial charge in [0, 0.05) is 19.5 Å². The van der Waals surface area contributed by atoms with Crippen molar-refractivity contribution in [1.29, 1.82) is 0 Å². The molecule has 16 heavy (non-hydrogen) atoms. The van der Waals surface area contributed by atoms with Gasteiger partial charge >= 0.3 is 0 Å². The molecule has 1 aliphatic heterocycles. The van der Waals surface area contributed by atoms with Crippen molar-refractivity contribution in [3.8, 4) is 0 Å². The summed E-state index contributed by atoms with van der Waals surface area (Å²) in [5, 5.41) is -0.0543. The summed E-state index contributed by atoms with van der Waals surface area (Å²) < 4.78 is 0. The largest absolute Gasteiger partial charge is 0.346 e. The summed E-state index contributed by atoms with van der Waals surface area (Å²) in [7, 11) is 8.15. The van der Waals surface area contributed by atoms with Gasteiger partial charge in [0.15, 0.2) is 0 Å². The lowest BCUT2D eigenvalue weighted by molar-refractivity contribution is -0.140. The van der Waals surface area contributed by atoms with E-state index in [9.17, 15) is 4.79 Å². The summed E-state index contributed by atoms with van der Waals surface area (Å²) in [4.78, 5) is 14.0. The van der Waals surface area contributed by atoms with Crippen molar-refractivity contribution in [2.24, 2.45) is 11.8 Å². The van der Waals surface area contributed by atoms with Gasteiger partial charge < -0.3 is 4.90 Å². The van der Waals surface area contributed by atoms with Crippen LogP contribution in [0.4, 0.5) is 0 Å².